The van der Waals surface area contributed by atoms with Crippen molar-refractivity contribution in [2.75, 3.05) is 17.3 Å². The summed E-state index contributed by atoms with van der Waals surface area (Å²) in [4.78, 5) is 29.9. The lowest BCUT2D eigenvalue weighted by atomic mass is 10.1. The summed E-state index contributed by atoms with van der Waals surface area (Å²) >= 11 is 0. The van der Waals surface area contributed by atoms with Crippen molar-refractivity contribution in [2.45, 2.75) is 20.4 Å². The van der Waals surface area contributed by atoms with Gasteiger partial charge >= 0.3 is 5.97 Å². The van der Waals surface area contributed by atoms with Crippen LogP contribution in [-0.4, -0.2) is 29.1 Å². The van der Waals surface area contributed by atoms with Gasteiger partial charge in [-0.3, -0.25) is 9.78 Å². The quantitative estimate of drug-likeness (QED) is 0.549. The molecule has 0 fully saturated rings. The monoisotopic (exact) mass is 419 g/mol. The van der Waals surface area contributed by atoms with E-state index in [1.165, 1.54) is 0 Å². The Balaban J connectivity index is 2.07. The molecule has 0 bridgehead atoms. The number of ether oxygens (including phenoxy) is 1. The molecule has 1 aromatic heterocycles. The molecular weight excluding hydrogens is 394 g/mol. The van der Waals surface area contributed by atoms with Gasteiger partial charge in [0.15, 0.2) is 0 Å². The fourth-order valence-corrected chi connectivity index (χ4v) is 3.05. The van der Waals surface area contributed by atoms with Gasteiger partial charge < -0.3 is 20.1 Å². The Morgan fingerprint density at radius 1 is 1.10 bits per heavy atom. The Kier molecular flexibility index (Phi) is 6.87. The van der Waals surface area contributed by atoms with E-state index in [4.69, 9.17) is 4.74 Å². The largest absolute Gasteiger partial charge is 0.495 e. The molecule has 160 valence electrons. The number of carboxylic acid groups (broad SMARTS) is 1. The molecule has 1 heterocycles. The summed E-state index contributed by atoms with van der Waals surface area (Å²) in [6.07, 6.45) is 3.46. The number of rotatable bonds is 8. The first-order valence-electron chi connectivity index (χ1n) is 9.87. The lowest BCUT2D eigenvalue weighted by molar-refractivity contribution is -0.118. The minimum Gasteiger partial charge on any atom is -0.495 e. The van der Waals surface area contributed by atoms with Crippen molar-refractivity contribution in [3.8, 4) is 5.75 Å². The van der Waals surface area contributed by atoms with Gasteiger partial charge in [0.2, 0.25) is 5.91 Å². The maximum atomic E-state index is 12.3. The molecule has 31 heavy (non-hydrogen) atoms. The van der Waals surface area contributed by atoms with Gasteiger partial charge in [-0.2, -0.15) is 0 Å². The van der Waals surface area contributed by atoms with Crippen LogP contribution < -0.4 is 15.0 Å². The molecular formula is C24H25N3O4. The topological polar surface area (TPSA) is 91.8 Å². The molecule has 0 saturated carbocycles. The standard InChI is InChI=1S/C24H25N3O4/c1-16(2)23(28)26-21-13-20(9-10-22(21)31-3)27(15-17-6-5-11-25-14-17)19-8-4-7-18(12-19)24(29)30/h4-14,16H,15H2,1-3H3,(H,26,28)(H,29,30). The van der Waals surface area contributed by atoms with E-state index < -0.39 is 5.97 Å². The predicted molar refractivity (Wildman–Crippen MR) is 120 cm³/mol. The molecule has 0 aliphatic carbocycles. The van der Waals surface area contributed by atoms with E-state index in [0.717, 1.165) is 11.3 Å². The van der Waals surface area contributed by atoms with Crippen LogP contribution in [0.2, 0.25) is 0 Å². The second-order valence-corrected chi connectivity index (χ2v) is 7.33. The SMILES string of the molecule is COc1ccc(N(Cc2cccnc2)c2cccc(C(=O)O)c2)cc1NC(=O)C(C)C. The molecule has 0 aliphatic rings. The number of pyridine rings is 1. The number of methoxy groups -OCH3 is 1. The van der Waals surface area contributed by atoms with Gasteiger partial charge in [-0.1, -0.05) is 26.0 Å². The summed E-state index contributed by atoms with van der Waals surface area (Å²) in [6, 6.07) is 16.0. The smallest absolute Gasteiger partial charge is 0.335 e. The maximum absolute atomic E-state index is 12.3. The van der Waals surface area contributed by atoms with Crippen LogP contribution in [0.25, 0.3) is 0 Å². The van der Waals surface area contributed by atoms with Gasteiger partial charge in [-0.25, -0.2) is 4.79 Å². The second kappa shape index (κ2) is 9.75. The average molecular weight is 419 g/mol. The summed E-state index contributed by atoms with van der Waals surface area (Å²) in [6.45, 7) is 4.09. The molecule has 0 aliphatic heterocycles. The van der Waals surface area contributed by atoms with Gasteiger partial charge in [0.1, 0.15) is 5.75 Å². The Hall–Kier alpha value is -3.87. The molecule has 0 radical (unpaired) electrons. The van der Waals surface area contributed by atoms with E-state index in [-0.39, 0.29) is 17.4 Å². The van der Waals surface area contributed by atoms with Crippen LogP contribution in [0.15, 0.2) is 67.0 Å². The van der Waals surface area contributed by atoms with Crippen molar-refractivity contribution < 1.29 is 19.4 Å². The first kappa shape index (κ1) is 21.8. The van der Waals surface area contributed by atoms with E-state index in [1.54, 1.807) is 43.8 Å². The van der Waals surface area contributed by atoms with Gasteiger partial charge in [-0.05, 0) is 48.0 Å². The highest BCUT2D eigenvalue weighted by Gasteiger charge is 2.17. The number of aromatic carboxylic acids is 1. The number of nitrogens with zero attached hydrogens (tertiary/aromatic N) is 2. The van der Waals surface area contributed by atoms with Crippen LogP contribution in [0.3, 0.4) is 0 Å². The Labute approximate surface area is 181 Å². The minimum absolute atomic E-state index is 0.123. The number of carboxylic acids is 1. The van der Waals surface area contributed by atoms with Crippen LogP contribution in [0.4, 0.5) is 17.1 Å². The van der Waals surface area contributed by atoms with E-state index in [1.807, 2.05) is 49.1 Å². The molecule has 2 aromatic carbocycles. The second-order valence-electron chi connectivity index (χ2n) is 7.33. The fourth-order valence-electron chi connectivity index (χ4n) is 3.05. The first-order valence-corrected chi connectivity index (χ1v) is 9.87. The van der Waals surface area contributed by atoms with Crippen molar-refractivity contribution in [3.63, 3.8) is 0 Å². The molecule has 1 amide bonds. The van der Waals surface area contributed by atoms with Crippen molar-refractivity contribution in [2.24, 2.45) is 5.92 Å². The third-order valence-electron chi connectivity index (χ3n) is 4.75. The number of nitrogens with one attached hydrogen (secondary N) is 1. The number of aromatic nitrogens is 1. The first-order chi connectivity index (χ1) is 14.9. The summed E-state index contributed by atoms with van der Waals surface area (Å²) in [5.74, 6) is -0.768. The number of carbonyl (C=O) groups is 2. The van der Waals surface area contributed by atoms with Crippen LogP contribution in [0.5, 0.6) is 5.75 Å². The average Bonchev–Trinajstić information content (AvgIpc) is 2.78. The summed E-state index contributed by atoms with van der Waals surface area (Å²) in [7, 11) is 1.55. The van der Waals surface area contributed by atoms with Crippen LogP contribution in [0.1, 0.15) is 29.8 Å². The van der Waals surface area contributed by atoms with Crippen LogP contribution >= 0.6 is 0 Å². The van der Waals surface area contributed by atoms with Crippen molar-refractivity contribution in [1.82, 2.24) is 4.98 Å². The Morgan fingerprint density at radius 2 is 1.87 bits per heavy atom. The molecule has 0 spiro atoms. The van der Waals surface area contributed by atoms with E-state index in [0.29, 0.717) is 23.7 Å². The normalized spacial score (nSPS) is 10.6. The van der Waals surface area contributed by atoms with Crippen molar-refractivity contribution in [3.05, 3.63) is 78.1 Å². The predicted octanol–water partition coefficient (Wildman–Crippen LogP) is 4.72. The number of carbonyl (C=O) groups excluding carboxylic acids is 1. The zero-order valence-corrected chi connectivity index (χ0v) is 17.7. The van der Waals surface area contributed by atoms with E-state index >= 15 is 0 Å². The summed E-state index contributed by atoms with van der Waals surface area (Å²) in [5.41, 5.74) is 3.16. The third kappa shape index (κ3) is 5.39. The van der Waals surface area contributed by atoms with Gasteiger partial charge in [-0.15, -0.1) is 0 Å². The molecule has 0 saturated heterocycles. The Morgan fingerprint density at radius 3 is 2.52 bits per heavy atom. The van der Waals surface area contributed by atoms with Gasteiger partial charge in [0.25, 0.3) is 0 Å². The minimum atomic E-state index is -0.997. The third-order valence-corrected chi connectivity index (χ3v) is 4.75. The lowest BCUT2D eigenvalue weighted by Crippen LogP contribution is -2.20. The number of anilines is 3. The highest BCUT2D eigenvalue weighted by Crippen LogP contribution is 2.35. The Bertz CT molecular complexity index is 1070. The van der Waals surface area contributed by atoms with Gasteiger partial charge in [0.05, 0.1) is 18.4 Å². The van der Waals surface area contributed by atoms with Crippen molar-refractivity contribution in [1.29, 1.82) is 0 Å². The number of hydrogen-bond donors (Lipinski definition) is 2. The molecule has 3 rings (SSSR count). The highest BCUT2D eigenvalue weighted by molar-refractivity contribution is 5.94. The number of benzene rings is 2. The number of amides is 1. The zero-order valence-electron chi connectivity index (χ0n) is 17.7. The van der Waals surface area contributed by atoms with Crippen LogP contribution in [-0.2, 0) is 11.3 Å². The van der Waals surface area contributed by atoms with Gasteiger partial charge in [0, 0.05) is 36.2 Å². The molecule has 0 unspecified atom stereocenters. The summed E-state index contributed by atoms with van der Waals surface area (Å²) in [5, 5.41) is 12.3. The van der Waals surface area contributed by atoms with Crippen molar-refractivity contribution >= 4 is 28.9 Å². The molecule has 7 nitrogen and oxygen atoms in total. The molecule has 7 heteroatoms. The maximum Gasteiger partial charge on any atom is 0.335 e. The van der Waals surface area contributed by atoms with Crippen LogP contribution in [0, 0.1) is 5.92 Å². The number of hydrogen-bond acceptors (Lipinski definition) is 5. The summed E-state index contributed by atoms with van der Waals surface area (Å²) < 4.78 is 5.41. The highest BCUT2D eigenvalue weighted by atomic mass is 16.5. The fraction of sp³-hybridized carbons (Fsp3) is 0.208. The molecule has 2 N–H and O–H groups in total. The van der Waals surface area contributed by atoms with E-state index in [9.17, 15) is 14.7 Å². The zero-order chi connectivity index (χ0) is 22.4. The lowest BCUT2D eigenvalue weighted by Gasteiger charge is -2.26. The van der Waals surface area contributed by atoms with E-state index in [2.05, 4.69) is 10.3 Å². The molecule has 0 atom stereocenters. The molecule has 3 aromatic rings.